The molecular weight excluding hydrogens is 1260 g/mol. The Kier molecular flexibility index (Phi) is 25.6. The molecule has 0 saturated carbocycles. The number of nitrogens with one attached hydrogen (secondary N) is 4. The predicted octanol–water partition coefficient (Wildman–Crippen LogP) is 3.42. The summed E-state index contributed by atoms with van der Waals surface area (Å²) < 4.78 is 25.9. The minimum atomic E-state index is -1.90. The molecule has 25 heteroatoms. The molecule has 0 radical (unpaired) electrons. The number of ketones is 1. The van der Waals surface area contributed by atoms with Gasteiger partial charge < -0.3 is 92.4 Å². The van der Waals surface area contributed by atoms with E-state index in [1.165, 1.54) is 38.1 Å². The number of aryl methyl sites for hydroxylation is 2. The van der Waals surface area contributed by atoms with Gasteiger partial charge >= 0.3 is 7.12 Å². The molecule has 24 nitrogen and oxygen atoms in total. The van der Waals surface area contributed by atoms with Crippen molar-refractivity contribution >= 4 is 53.8 Å². The van der Waals surface area contributed by atoms with Crippen molar-refractivity contribution in [2.75, 3.05) is 54.0 Å². The van der Waals surface area contributed by atoms with Gasteiger partial charge in [0.25, 0.3) is 5.91 Å². The lowest BCUT2D eigenvalue weighted by Gasteiger charge is -2.34. The van der Waals surface area contributed by atoms with Crippen LogP contribution in [0.15, 0.2) is 115 Å². The van der Waals surface area contributed by atoms with E-state index >= 15 is 24.0 Å². The molecular formula is C73H96BN7O17. The van der Waals surface area contributed by atoms with Crippen LogP contribution in [0.5, 0.6) is 11.5 Å². The van der Waals surface area contributed by atoms with Gasteiger partial charge in [-0.3, -0.25) is 33.6 Å². The topological polar surface area (TPSA) is 332 Å². The van der Waals surface area contributed by atoms with Crippen molar-refractivity contribution in [1.29, 1.82) is 0 Å². The normalized spacial score (nSPS) is 26.8. The van der Waals surface area contributed by atoms with Gasteiger partial charge in [-0.25, -0.2) is 0 Å². The zero-order valence-corrected chi connectivity index (χ0v) is 57.5. The van der Waals surface area contributed by atoms with E-state index < -0.39 is 159 Å². The Morgan fingerprint density at radius 3 is 1.84 bits per heavy atom. The highest BCUT2D eigenvalue weighted by Crippen LogP contribution is 2.39. The third-order valence-corrected chi connectivity index (χ3v) is 18.7. The number of hydrogen-bond acceptors (Lipinski definition) is 17. The number of aliphatic hydroxyl groups is 5. The fourth-order valence-corrected chi connectivity index (χ4v) is 13.0. The van der Waals surface area contributed by atoms with Gasteiger partial charge in [0, 0.05) is 43.8 Å². The largest absolute Gasteiger partial charge is 0.508 e. The van der Waals surface area contributed by atoms with Crippen molar-refractivity contribution < 1.29 is 87.5 Å². The summed E-state index contributed by atoms with van der Waals surface area (Å²) in [7, 11) is 4.43. The Labute approximate surface area is 573 Å². The molecule has 5 aromatic rings. The van der Waals surface area contributed by atoms with Gasteiger partial charge in [0.2, 0.25) is 29.5 Å². The molecule has 4 fully saturated rings. The van der Waals surface area contributed by atoms with Crippen LogP contribution in [0.25, 0.3) is 22.3 Å². The first-order chi connectivity index (χ1) is 46.1. The van der Waals surface area contributed by atoms with Gasteiger partial charge in [0.15, 0.2) is 12.0 Å². The van der Waals surface area contributed by atoms with Gasteiger partial charge in [0.1, 0.15) is 48.3 Å². The van der Waals surface area contributed by atoms with Gasteiger partial charge in [0.05, 0.1) is 82.9 Å². The zero-order chi connectivity index (χ0) is 70.2. The summed E-state index contributed by atoms with van der Waals surface area (Å²) in [6.07, 6.45) is -11.2. The predicted molar refractivity (Wildman–Crippen MR) is 367 cm³/mol. The SMILES string of the molecule is CCCCCOc1ccc(-c2ccc(-c3ccc(C(=O)N[C@H]4C[C@@H](O)[C@@H](OCC[N+](C)(C)C)NC(=O)[C@@H]5[C@@H](O)[C@@H](C)CN5C(=O)[C@H]([C@@H](C)O)NC(=O)[C@H]([C@@H]5OB(c6c(C)cccc6C)O[C@H]5c5ccc(O)cc5)CC(=O)[C@@H]5C[C@@H](O)CN5C(=O)[C@H]([C@@H](C)O)NC4=O)cc3)cc2)cc1.[CH3-]. The summed E-state index contributed by atoms with van der Waals surface area (Å²) in [6, 6.07) is 24.8. The van der Waals surface area contributed by atoms with Gasteiger partial charge in [-0.15, -0.1) is 0 Å². The number of ether oxygens (including phenoxy) is 2. The second-order valence-corrected chi connectivity index (χ2v) is 27.3. The summed E-state index contributed by atoms with van der Waals surface area (Å²) in [6.45, 7) is 9.90. The lowest BCUT2D eigenvalue weighted by molar-refractivity contribution is -0.870. The number of carbonyl (C=O) groups is 7. The first-order valence-electron chi connectivity index (χ1n) is 33.4. The Hall–Kier alpha value is -8.11. The molecule has 0 spiro atoms. The molecule has 9 rings (SSSR count). The Balaban J connectivity index is 0.0000122. The fraction of sp³-hybridized carbons (Fsp3) is 0.479. The molecule has 4 aliphatic heterocycles. The lowest BCUT2D eigenvalue weighted by Crippen LogP contribution is -2.61. The number of hydrogen-bond donors (Lipinski definition) is 10. The number of likely N-dealkylation sites (N-methyl/N-ethyl adjacent to an activating group) is 1. The zero-order valence-electron chi connectivity index (χ0n) is 57.5. The molecule has 0 aliphatic carbocycles. The van der Waals surface area contributed by atoms with Crippen LogP contribution in [-0.2, 0) is 42.8 Å². The number of rotatable bonds is 18. The van der Waals surface area contributed by atoms with Crippen LogP contribution in [0.1, 0.15) is 99.4 Å². The molecule has 4 saturated heterocycles. The highest BCUT2D eigenvalue weighted by Gasteiger charge is 2.53. The second kappa shape index (κ2) is 33.2. The first kappa shape index (κ1) is 75.7. The minimum Gasteiger partial charge on any atom is -0.508 e. The van der Waals surface area contributed by atoms with Gasteiger partial charge in [-0.2, -0.15) is 0 Å². The van der Waals surface area contributed by atoms with E-state index in [1.54, 1.807) is 31.2 Å². The summed E-state index contributed by atoms with van der Waals surface area (Å²) in [5, 5.41) is 79.5. The van der Waals surface area contributed by atoms with E-state index in [9.17, 15) is 40.2 Å². The average molecular weight is 1350 g/mol. The number of aliphatic hydroxyl groups excluding tert-OH is 5. The van der Waals surface area contributed by atoms with Crippen LogP contribution in [0.3, 0.4) is 0 Å². The van der Waals surface area contributed by atoms with Crippen LogP contribution in [-0.4, -0.2) is 220 Å². The third kappa shape index (κ3) is 18.2. The van der Waals surface area contributed by atoms with Crippen LogP contribution in [0.2, 0.25) is 0 Å². The fourth-order valence-electron chi connectivity index (χ4n) is 13.0. The molecule has 10 N–H and O–H groups in total. The monoisotopic (exact) mass is 1350 g/mol. The number of fused-ring (bicyclic) bond motifs is 2. The molecule has 15 atom stereocenters. The van der Waals surface area contributed by atoms with Crippen molar-refractivity contribution in [3.8, 4) is 33.8 Å². The van der Waals surface area contributed by atoms with E-state index in [4.69, 9.17) is 18.8 Å². The van der Waals surface area contributed by atoms with Crippen molar-refractivity contribution in [2.24, 2.45) is 11.8 Å². The second-order valence-electron chi connectivity index (χ2n) is 27.3. The molecule has 5 aromatic carbocycles. The number of unbranched alkanes of at least 4 members (excludes halogenated alkanes) is 2. The maximum atomic E-state index is 15.5. The van der Waals surface area contributed by atoms with E-state index in [-0.39, 0.29) is 38.3 Å². The van der Waals surface area contributed by atoms with E-state index in [0.29, 0.717) is 28.7 Å². The number of phenols is 1. The summed E-state index contributed by atoms with van der Waals surface area (Å²) in [4.78, 5) is 108. The molecule has 4 aliphatic rings. The molecule has 6 amide bonds. The van der Waals surface area contributed by atoms with E-state index in [0.717, 1.165) is 68.2 Å². The van der Waals surface area contributed by atoms with Crippen molar-refractivity contribution in [2.45, 2.75) is 159 Å². The highest BCUT2D eigenvalue weighted by atomic mass is 16.7. The van der Waals surface area contributed by atoms with Crippen LogP contribution < -0.4 is 31.5 Å². The quantitative estimate of drug-likeness (QED) is 0.0260. The number of Topliss-reactive ketones (excluding diaryl/α,β-unsaturated/α-hetero) is 1. The lowest BCUT2D eigenvalue weighted by atomic mass is 9.73. The molecule has 528 valence electrons. The summed E-state index contributed by atoms with van der Waals surface area (Å²) in [5.41, 5.74) is 6.14. The minimum absolute atomic E-state index is 0. The average Bonchev–Trinajstić information content (AvgIpc) is 1.67. The molecule has 98 heavy (non-hydrogen) atoms. The van der Waals surface area contributed by atoms with E-state index in [1.807, 2.05) is 102 Å². The van der Waals surface area contributed by atoms with Crippen molar-refractivity contribution in [3.05, 3.63) is 145 Å². The van der Waals surface area contributed by atoms with Crippen LogP contribution >= 0.6 is 0 Å². The van der Waals surface area contributed by atoms with Crippen molar-refractivity contribution in [1.82, 2.24) is 31.1 Å². The maximum Gasteiger partial charge on any atom is 0.495 e. The number of nitrogens with zero attached hydrogens (tertiary/aromatic N) is 3. The molecule has 0 unspecified atom stereocenters. The smallest absolute Gasteiger partial charge is 0.495 e. The van der Waals surface area contributed by atoms with Crippen LogP contribution in [0, 0.1) is 33.1 Å². The Morgan fingerprint density at radius 2 is 1.27 bits per heavy atom. The highest BCUT2D eigenvalue weighted by molar-refractivity contribution is 6.63. The Morgan fingerprint density at radius 1 is 0.704 bits per heavy atom. The Bertz CT molecular complexity index is 3550. The number of amides is 6. The third-order valence-electron chi connectivity index (χ3n) is 18.7. The summed E-state index contributed by atoms with van der Waals surface area (Å²) >= 11 is 0. The number of benzene rings is 5. The number of quaternary nitrogens is 1. The van der Waals surface area contributed by atoms with E-state index in [2.05, 4.69) is 28.2 Å². The van der Waals surface area contributed by atoms with Gasteiger partial charge in [-0.1, -0.05) is 117 Å². The molecule has 0 aromatic heterocycles. The van der Waals surface area contributed by atoms with Crippen molar-refractivity contribution in [3.63, 3.8) is 0 Å². The first-order valence-corrected chi connectivity index (χ1v) is 33.4. The summed E-state index contributed by atoms with van der Waals surface area (Å²) in [5.74, 6) is -8.62. The maximum absolute atomic E-state index is 15.5. The standard InChI is InChI=1S/C72H92BN7O17.CH3/c1-10-11-12-33-94-53-30-26-48(27-31-53)46-18-16-45(17-19-46)47-20-22-50(23-21-47)66(88)74-55-37-58(86)70(95-34-32-80(7,8)9)77-69(91)62-63(87)42(4)38-79(62)72(93)61(44(6)82)75-67(89)54(36-57(85)56-35-52(84)39-78(56)71(92)60(43(5)81)76-68(55)90)65-64(49-24-28-51(83)29-25-49)96-73(97-65)59-40(2)14-13-15-41(59)3;/h13-31,42-44,52,54-56,58,60-65,70,81-82,84,86-87H,10-12,32-39H2,1-9H3,(H4-,74,75,76,77,83,88,89,90,91);1H3/q;-1/p+1/t42-,43+,44+,52+,54-,55-,56-,58+,60-,61-,62-,63-,64-,65-,70+;/m0./s1. The molecule has 0 bridgehead atoms. The molecule has 4 heterocycles. The van der Waals surface area contributed by atoms with Crippen LogP contribution in [0.4, 0.5) is 0 Å². The van der Waals surface area contributed by atoms with Gasteiger partial charge in [-0.05, 0) is 104 Å². The number of aromatic hydroxyl groups is 1. The number of phenolic OH excluding ortho intramolecular Hbond substituents is 1. The number of carbonyl (C=O) groups excluding carboxylic acids is 7.